The van der Waals surface area contributed by atoms with Crippen LogP contribution in [0.1, 0.15) is 36.5 Å². The highest BCUT2D eigenvalue weighted by Gasteiger charge is 2.05. The van der Waals surface area contributed by atoms with Crippen LogP contribution in [0.3, 0.4) is 0 Å². The molecule has 0 spiro atoms. The van der Waals surface area contributed by atoms with E-state index >= 15 is 0 Å². The Bertz CT molecular complexity index is 1150. The van der Waals surface area contributed by atoms with Gasteiger partial charge in [-0.25, -0.2) is 0 Å². The Hall–Kier alpha value is -3.84. The van der Waals surface area contributed by atoms with Crippen LogP contribution in [0.2, 0.25) is 0 Å². The first-order valence-electron chi connectivity index (χ1n) is 11.9. The fourth-order valence-corrected chi connectivity index (χ4v) is 3.86. The largest absolute Gasteiger partial charge is 0.345 e. The zero-order valence-corrected chi connectivity index (χ0v) is 20.5. The average Bonchev–Trinajstić information content (AvgIpc) is 2.89. The van der Waals surface area contributed by atoms with Gasteiger partial charge in [0.1, 0.15) is 0 Å². The second kappa shape index (κ2) is 13.0. The summed E-state index contributed by atoms with van der Waals surface area (Å²) in [5.41, 5.74) is 8.39. The first kappa shape index (κ1) is 24.8. The maximum absolute atomic E-state index is 4.04. The summed E-state index contributed by atoms with van der Waals surface area (Å²) in [5, 5.41) is 0. The minimum Gasteiger partial charge on any atom is -0.345 e. The average molecular weight is 446 g/mol. The Morgan fingerprint density at radius 3 is 2.32 bits per heavy atom. The highest BCUT2D eigenvalue weighted by atomic mass is 15.1. The van der Waals surface area contributed by atoms with Crippen LogP contribution in [0.5, 0.6) is 0 Å². The van der Waals surface area contributed by atoms with Gasteiger partial charge in [0.15, 0.2) is 0 Å². The highest BCUT2D eigenvalue weighted by molar-refractivity contribution is 5.76. The van der Waals surface area contributed by atoms with Crippen LogP contribution in [-0.2, 0) is 6.42 Å². The van der Waals surface area contributed by atoms with Crippen LogP contribution in [0.4, 0.5) is 0 Å². The zero-order chi connectivity index (χ0) is 24.2. The van der Waals surface area contributed by atoms with Crippen LogP contribution in [-0.4, -0.2) is 11.9 Å². The van der Waals surface area contributed by atoms with Gasteiger partial charge < -0.3 is 4.90 Å². The Morgan fingerprint density at radius 2 is 1.68 bits per heavy atom. The van der Waals surface area contributed by atoms with E-state index in [0.717, 1.165) is 30.7 Å². The summed E-state index contributed by atoms with van der Waals surface area (Å²) in [4.78, 5) is 2.13. The molecule has 0 unspecified atom stereocenters. The van der Waals surface area contributed by atoms with E-state index in [1.807, 2.05) is 24.3 Å². The molecule has 0 heterocycles. The normalized spacial score (nSPS) is 14.8. The van der Waals surface area contributed by atoms with Crippen LogP contribution in [0.25, 0.3) is 11.1 Å². The van der Waals surface area contributed by atoms with Crippen LogP contribution < -0.4 is 0 Å². The van der Waals surface area contributed by atoms with E-state index in [1.54, 1.807) is 0 Å². The number of allylic oxidation sites excluding steroid dienone is 12. The van der Waals surface area contributed by atoms with E-state index in [9.17, 15) is 0 Å². The molecule has 0 amide bonds. The number of rotatable bonds is 10. The number of hydrogen-bond acceptors (Lipinski definition) is 1. The highest BCUT2D eigenvalue weighted by Crippen LogP contribution is 2.24. The van der Waals surface area contributed by atoms with Gasteiger partial charge >= 0.3 is 0 Å². The molecule has 0 aliphatic heterocycles. The van der Waals surface area contributed by atoms with Crippen molar-refractivity contribution in [2.45, 2.75) is 26.2 Å². The molecule has 1 nitrogen and oxygen atoms in total. The van der Waals surface area contributed by atoms with E-state index in [1.165, 1.54) is 27.8 Å². The summed E-state index contributed by atoms with van der Waals surface area (Å²) in [5.74, 6) is 0. The Kier molecular flexibility index (Phi) is 9.49. The SMILES string of the molecule is C=C/C=C(\C=C/Cc1ccccc1)N(C)/C(C=C)=C/C=C(\C)c1ccc(C2=CCCC=C2)cc1. The molecule has 0 fully saturated rings. The van der Waals surface area contributed by atoms with E-state index in [4.69, 9.17) is 0 Å². The summed E-state index contributed by atoms with van der Waals surface area (Å²) in [6, 6.07) is 19.3. The molecule has 0 radical (unpaired) electrons. The molecular formula is C33H35N. The third-order valence-electron chi connectivity index (χ3n) is 5.93. The van der Waals surface area contributed by atoms with Crippen molar-refractivity contribution in [2.75, 3.05) is 7.05 Å². The Morgan fingerprint density at radius 1 is 0.912 bits per heavy atom. The van der Waals surface area contributed by atoms with Crippen molar-refractivity contribution in [3.8, 4) is 0 Å². The maximum Gasteiger partial charge on any atom is 0.0404 e. The Balaban J connectivity index is 1.73. The number of hydrogen-bond donors (Lipinski definition) is 0. The molecule has 3 rings (SSSR count). The first-order chi connectivity index (χ1) is 16.6. The predicted molar refractivity (Wildman–Crippen MR) is 150 cm³/mol. The van der Waals surface area contributed by atoms with E-state index < -0.39 is 0 Å². The molecule has 0 N–H and O–H groups in total. The van der Waals surface area contributed by atoms with Gasteiger partial charge in [-0.2, -0.15) is 0 Å². The number of nitrogens with zero attached hydrogens (tertiary/aromatic N) is 1. The van der Waals surface area contributed by atoms with Gasteiger partial charge in [-0.05, 0) is 78.3 Å². The minimum absolute atomic E-state index is 0.887. The molecule has 34 heavy (non-hydrogen) atoms. The molecular weight excluding hydrogens is 410 g/mol. The molecule has 0 atom stereocenters. The fourth-order valence-electron chi connectivity index (χ4n) is 3.86. The maximum atomic E-state index is 4.04. The molecule has 172 valence electrons. The molecule has 1 aliphatic carbocycles. The van der Waals surface area contributed by atoms with Crippen molar-refractivity contribution < 1.29 is 0 Å². The molecule has 2 aromatic carbocycles. The lowest BCUT2D eigenvalue weighted by Gasteiger charge is -2.21. The van der Waals surface area contributed by atoms with Crippen LogP contribution in [0.15, 0.2) is 140 Å². The van der Waals surface area contributed by atoms with Crippen LogP contribution in [0, 0.1) is 0 Å². The molecule has 1 heteroatoms. The number of benzene rings is 2. The first-order valence-corrected chi connectivity index (χ1v) is 11.9. The minimum atomic E-state index is 0.887. The lowest BCUT2D eigenvalue weighted by atomic mass is 9.97. The lowest BCUT2D eigenvalue weighted by Crippen LogP contribution is -2.14. The Labute approximate surface area is 205 Å². The molecule has 0 aromatic heterocycles. The monoisotopic (exact) mass is 445 g/mol. The van der Waals surface area contributed by atoms with Gasteiger partial charge in [0.2, 0.25) is 0 Å². The van der Waals surface area contributed by atoms with E-state index in [0.29, 0.717) is 0 Å². The standard InChI is InChI=1S/C33H35N/c1-5-14-33(20-13-17-28-15-9-7-10-16-28)34(4)32(6-2)26-21-27(3)29-22-24-31(25-23-29)30-18-11-8-12-19-30/h5-7,9-11,13-16,18-26H,1-2,8,12,17H2,3-4H3/b20-13-,27-21+,32-26+,33-14+. The third-order valence-corrected chi connectivity index (χ3v) is 5.93. The smallest absolute Gasteiger partial charge is 0.0404 e. The summed E-state index contributed by atoms with van der Waals surface area (Å²) < 4.78 is 0. The van der Waals surface area contributed by atoms with E-state index in [2.05, 4.69) is 123 Å². The summed E-state index contributed by atoms with van der Waals surface area (Å²) in [7, 11) is 2.05. The van der Waals surface area contributed by atoms with Crippen LogP contribution >= 0.6 is 0 Å². The van der Waals surface area contributed by atoms with Gasteiger partial charge in [0.05, 0.1) is 0 Å². The molecule has 0 saturated heterocycles. The van der Waals surface area contributed by atoms with Crippen molar-refractivity contribution >= 4 is 11.1 Å². The van der Waals surface area contributed by atoms with Gasteiger partial charge in [0.25, 0.3) is 0 Å². The second-order valence-electron chi connectivity index (χ2n) is 8.34. The second-order valence-corrected chi connectivity index (χ2v) is 8.34. The quantitative estimate of drug-likeness (QED) is 0.331. The number of likely N-dealkylation sites (N-methyl/N-ethyl adjacent to an activating group) is 1. The van der Waals surface area contributed by atoms with E-state index in [-0.39, 0.29) is 0 Å². The van der Waals surface area contributed by atoms with Crippen molar-refractivity contribution in [1.29, 1.82) is 0 Å². The third kappa shape index (κ3) is 7.08. The fraction of sp³-hybridized carbons (Fsp3) is 0.152. The molecule has 2 aromatic rings. The van der Waals surface area contributed by atoms with Gasteiger partial charge in [-0.1, -0.05) is 104 Å². The van der Waals surface area contributed by atoms with Gasteiger partial charge in [0, 0.05) is 18.4 Å². The molecule has 0 bridgehead atoms. The molecule has 0 saturated carbocycles. The van der Waals surface area contributed by atoms with Crippen molar-refractivity contribution in [3.05, 3.63) is 157 Å². The zero-order valence-electron chi connectivity index (χ0n) is 20.5. The summed E-state index contributed by atoms with van der Waals surface area (Å²) >= 11 is 0. The predicted octanol–water partition coefficient (Wildman–Crippen LogP) is 8.69. The van der Waals surface area contributed by atoms with Crippen molar-refractivity contribution in [1.82, 2.24) is 4.90 Å². The van der Waals surface area contributed by atoms with Gasteiger partial charge in [-0.3, -0.25) is 0 Å². The van der Waals surface area contributed by atoms with Crippen molar-refractivity contribution in [2.24, 2.45) is 0 Å². The summed E-state index contributed by atoms with van der Waals surface area (Å²) in [6.45, 7) is 10.1. The summed E-state index contributed by atoms with van der Waals surface area (Å²) in [6.07, 6.45) is 24.2. The van der Waals surface area contributed by atoms with Gasteiger partial charge in [-0.15, -0.1) is 0 Å². The topological polar surface area (TPSA) is 3.24 Å². The van der Waals surface area contributed by atoms with Crippen molar-refractivity contribution in [3.63, 3.8) is 0 Å². The lowest BCUT2D eigenvalue weighted by molar-refractivity contribution is 0.554. The molecule has 1 aliphatic rings.